The number of rotatable bonds is 4. The number of aromatic nitrogens is 1. The van der Waals surface area contributed by atoms with Crippen LogP contribution in [0.1, 0.15) is 18.5 Å². The molecule has 0 radical (unpaired) electrons. The summed E-state index contributed by atoms with van der Waals surface area (Å²) >= 11 is 0. The van der Waals surface area contributed by atoms with Crippen LogP contribution in [0.4, 0.5) is 0 Å². The minimum absolute atomic E-state index is 0.315. The maximum absolute atomic E-state index is 11.0. The number of methoxy groups -OCH3 is 1. The van der Waals surface area contributed by atoms with Crippen molar-refractivity contribution in [2.24, 2.45) is 0 Å². The molecule has 2 rings (SSSR count). The summed E-state index contributed by atoms with van der Waals surface area (Å²) in [5, 5.41) is 9.01. The van der Waals surface area contributed by atoms with Crippen LogP contribution in [0.2, 0.25) is 0 Å². The Morgan fingerprint density at radius 2 is 2.43 bits per heavy atom. The number of hydrogen-bond donors (Lipinski definition) is 2. The number of aromatic amines is 1. The number of H-pyrrole nitrogens is 1. The average molecular weight is 195 g/mol. The number of carboxylic acid groups (broad SMARTS) is 1. The minimum atomic E-state index is -0.889. The molecular weight excluding hydrogens is 182 g/mol. The van der Waals surface area contributed by atoms with E-state index in [-0.39, 0.29) is 5.41 Å². The summed E-state index contributed by atoms with van der Waals surface area (Å²) in [5.41, 5.74) is 0.649. The Balaban J connectivity index is 2.28. The topological polar surface area (TPSA) is 62.3 Å². The van der Waals surface area contributed by atoms with Crippen LogP contribution in [0.15, 0.2) is 18.3 Å². The molecule has 1 saturated carbocycles. The van der Waals surface area contributed by atoms with E-state index < -0.39 is 12.1 Å². The van der Waals surface area contributed by atoms with Crippen molar-refractivity contribution < 1.29 is 14.6 Å². The van der Waals surface area contributed by atoms with E-state index >= 15 is 0 Å². The van der Waals surface area contributed by atoms with Gasteiger partial charge in [-0.1, -0.05) is 0 Å². The number of carboxylic acids is 1. The van der Waals surface area contributed by atoms with Gasteiger partial charge in [-0.3, -0.25) is 0 Å². The molecule has 0 saturated heterocycles. The molecule has 1 aliphatic carbocycles. The summed E-state index contributed by atoms with van der Waals surface area (Å²) in [5.74, 6) is -0.889. The van der Waals surface area contributed by atoms with Gasteiger partial charge in [0, 0.05) is 24.4 Å². The van der Waals surface area contributed by atoms with Gasteiger partial charge in [0.2, 0.25) is 0 Å². The van der Waals surface area contributed by atoms with Crippen LogP contribution in [0.25, 0.3) is 0 Å². The van der Waals surface area contributed by atoms with Gasteiger partial charge in [-0.05, 0) is 25.0 Å². The van der Waals surface area contributed by atoms with E-state index in [1.54, 1.807) is 0 Å². The van der Waals surface area contributed by atoms with Gasteiger partial charge in [0.15, 0.2) is 6.10 Å². The molecule has 0 spiro atoms. The second-order valence-corrected chi connectivity index (χ2v) is 3.69. The highest BCUT2D eigenvalue weighted by atomic mass is 16.5. The summed E-state index contributed by atoms with van der Waals surface area (Å²) in [6.07, 6.45) is 2.82. The third-order valence-corrected chi connectivity index (χ3v) is 2.88. The quantitative estimate of drug-likeness (QED) is 0.757. The average Bonchev–Trinajstić information content (AvgIpc) is 2.76. The number of ether oxygens (including phenoxy) is 1. The maximum Gasteiger partial charge on any atom is 0.333 e. The summed E-state index contributed by atoms with van der Waals surface area (Å²) in [6.45, 7) is 0. The first-order chi connectivity index (χ1) is 6.70. The fourth-order valence-electron chi connectivity index (χ4n) is 2.01. The van der Waals surface area contributed by atoms with Crippen molar-refractivity contribution in [2.75, 3.05) is 7.11 Å². The lowest BCUT2D eigenvalue weighted by Crippen LogP contribution is -2.36. The smallest absolute Gasteiger partial charge is 0.333 e. The van der Waals surface area contributed by atoms with Crippen LogP contribution in [-0.2, 0) is 14.9 Å². The van der Waals surface area contributed by atoms with Gasteiger partial charge >= 0.3 is 5.97 Å². The summed E-state index contributed by atoms with van der Waals surface area (Å²) < 4.78 is 5.04. The molecule has 1 aliphatic rings. The first-order valence-corrected chi connectivity index (χ1v) is 4.60. The van der Waals surface area contributed by atoms with E-state index in [1.807, 2.05) is 18.3 Å². The van der Waals surface area contributed by atoms with E-state index in [4.69, 9.17) is 9.84 Å². The number of carbonyl (C=O) groups is 1. The van der Waals surface area contributed by atoms with Gasteiger partial charge in [0.1, 0.15) is 0 Å². The van der Waals surface area contributed by atoms with Gasteiger partial charge in [-0.2, -0.15) is 0 Å². The number of hydrogen-bond acceptors (Lipinski definition) is 2. The molecular formula is C10H13NO3. The molecule has 1 fully saturated rings. The molecule has 1 unspecified atom stereocenters. The third-order valence-electron chi connectivity index (χ3n) is 2.88. The lowest BCUT2D eigenvalue weighted by Gasteiger charge is -2.20. The molecule has 4 heteroatoms. The van der Waals surface area contributed by atoms with E-state index in [1.165, 1.54) is 7.11 Å². The molecule has 2 N–H and O–H groups in total. The van der Waals surface area contributed by atoms with Crippen molar-refractivity contribution in [1.82, 2.24) is 4.98 Å². The standard InChI is InChI=1S/C10H13NO3/c1-14-8(9(12)13)10(4-5-10)7-3-2-6-11-7/h2-3,6,8,11H,4-5H2,1H3,(H,12,13). The number of aliphatic carboxylic acids is 1. The predicted molar refractivity (Wildman–Crippen MR) is 50.1 cm³/mol. The molecule has 1 aromatic heterocycles. The van der Waals surface area contributed by atoms with Crippen LogP contribution in [0.3, 0.4) is 0 Å². The lowest BCUT2D eigenvalue weighted by molar-refractivity contribution is -0.150. The molecule has 1 aromatic rings. The largest absolute Gasteiger partial charge is 0.479 e. The van der Waals surface area contributed by atoms with E-state index in [0.29, 0.717) is 0 Å². The van der Waals surface area contributed by atoms with Crippen molar-refractivity contribution in [2.45, 2.75) is 24.4 Å². The van der Waals surface area contributed by atoms with Crippen LogP contribution in [0.5, 0.6) is 0 Å². The summed E-state index contributed by atoms with van der Waals surface area (Å²) in [6, 6.07) is 3.80. The van der Waals surface area contributed by atoms with Crippen molar-refractivity contribution in [1.29, 1.82) is 0 Å². The molecule has 14 heavy (non-hydrogen) atoms. The molecule has 0 aromatic carbocycles. The zero-order chi connectivity index (χ0) is 10.2. The Morgan fingerprint density at radius 3 is 2.79 bits per heavy atom. The predicted octanol–water partition coefficient (Wildman–Crippen LogP) is 1.15. The number of nitrogens with one attached hydrogen (secondary N) is 1. The highest BCUT2D eigenvalue weighted by Gasteiger charge is 2.55. The Labute approximate surface area is 81.9 Å². The van der Waals surface area contributed by atoms with Crippen LogP contribution < -0.4 is 0 Å². The van der Waals surface area contributed by atoms with Crippen molar-refractivity contribution in [3.8, 4) is 0 Å². The Hall–Kier alpha value is -1.29. The van der Waals surface area contributed by atoms with Crippen LogP contribution >= 0.6 is 0 Å². The highest BCUT2D eigenvalue weighted by molar-refractivity contribution is 5.75. The molecule has 0 amide bonds. The fraction of sp³-hybridized carbons (Fsp3) is 0.500. The van der Waals surface area contributed by atoms with Gasteiger partial charge < -0.3 is 14.8 Å². The first-order valence-electron chi connectivity index (χ1n) is 4.60. The zero-order valence-electron chi connectivity index (χ0n) is 7.99. The molecule has 0 aliphatic heterocycles. The normalized spacial score (nSPS) is 20.4. The Kier molecular flexibility index (Phi) is 2.07. The molecule has 4 nitrogen and oxygen atoms in total. The summed E-state index contributed by atoms with van der Waals surface area (Å²) in [4.78, 5) is 14.0. The van der Waals surface area contributed by atoms with Gasteiger partial charge in [-0.25, -0.2) is 4.79 Å². The fourth-order valence-corrected chi connectivity index (χ4v) is 2.01. The second-order valence-electron chi connectivity index (χ2n) is 3.69. The lowest BCUT2D eigenvalue weighted by atomic mass is 9.95. The highest BCUT2D eigenvalue weighted by Crippen LogP contribution is 2.51. The van der Waals surface area contributed by atoms with Crippen LogP contribution in [0, 0.1) is 0 Å². The van der Waals surface area contributed by atoms with E-state index in [9.17, 15) is 4.79 Å². The zero-order valence-corrected chi connectivity index (χ0v) is 7.99. The monoisotopic (exact) mass is 195 g/mol. The van der Waals surface area contributed by atoms with Crippen molar-refractivity contribution in [3.05, 3.63) is 24.0 Å². The minimum Gasteiger partial charge on any atom is -0.479 e. The molecule has 0 bridgehead atoms. The van der Waals surface area contributed by atoms with Gasteiger partial charge in [0.05, 0.1) is 0 Å². The Bertz CT molecular complexity index is 327. The van der Waals surface area contributed by atoms with Crippen molar-refractivity contribution >= 4 is 5.97 Å². The first kappa shape index (κ1) is 9.27. The molecule has 76 valence electrons. The van der Waals surface area contributed by atoms with Crippen molar-refractivity contribution in [3.63, 3.8) is 0 Å². The van der Waals surface area contributed by atoms with Gasteiger partial charge in [0.25, 0.3) is 0 Å². The Morgan fingerprint density at radius 1 is 1.71 bits per heavy atom. The van der Waals surface area contributed by atoms with E-state index in [0.717, 1.165) is 18.5 Å². The van der Waals surface area contributed by atoms with E-state index in [2.05, 4.69) is 4.98 Å². The SMILES string of the molecule is COC(C(=O)O)C1(c2ccc[nH]2)CC1. The second kappa shape index (κ2) is 3.13. The summed E-state index contributed by atoms with van der Waals surface area (Å²) in [7, 11) is 1.45. The third kappa shape index (κ3) is 1.23. The maximum atomic E-state index is 11.0. The molecule has 1 heterocycles. The van der Waals surface area contributed by atoms with Crippen LogP contribution in [-0.4, -0.2) is 29.3 Å². The molecule has 1 atom stereocenters. The van der Waals surface area contributed by atoms with Gasteiger partial charge in [-0.15, -0.1) is 0 Å².